The van der Waals surface area contributed by atoms with Gasteiger partial charge in [0.05, 0.1) is 11.7 Å². The smallest absolute Gasteiger partial charge is 0.103 e. The molecule has 0 spiro atoms. The Labute approximate surface area is 58.8 Å². The number of nitrogens with two attached hydrogens (primary N) is 2. The number of rotatable bonds is 2. The molecule has 0 aliphatic heterocycles. The number of hydrogen-bond acceptors (Lipinski definition) is 4. The molecule has 0 aromatic carbocycles. The molecule has 1 unspecified atom stereocenters. The zero-order valence-electron chi connectivity index (χ0n) is 5.83. The van der Waals surface area contributed by atoms with E-state index < -0.39 is 0 Å². The molecule has 0 amide bonds. The van der Waals surface area contributed by atoms with Crippen LogP contribution in [0.4, 0.5) is 0 Å². The molecule has 0 aliphatic carbocycles. The Morgan fingerprint density at radius 1 is 1.60 bits per heavy atom. The van der Waals surface area contributed by atoms with E-state index in [0.717, 1.165) is 11.4 Å². The highest BCUT2D eigenvalue weighted by Gasteiger charge is 2.09. The van der Waals surface area contributed by atoms with Crippen LogP contribution in [-0.2, 0) is 0 Å². The Balaban J connectivity index is 2.82. The second kappa shape index (κ2) is 2.76. The quantitative estimate of drug-likeness (QED) is 0.496. The van der Waals surface area contributed by atoms with Crippen LogP contribution in [0.15, 0.2) is 0 Å². The Hall–Kier alpha value is -0.940. The van der Waals surface area contributed by atoms with Gasteiger partial charge < -0.3 is 11.5 Å². The van der Waals surface area contributed by atoms with Gasteiger partial charge in [-0.05, 0) is 6.92 Å². The SMILES string of the molecule is Cc1n[nH]nc1C(N)CN. The molecule has 1 rings (SSSR count). The molecular formula is C5H11N5. The molecule has 0 fully saturated rings. The Morgan fingerprint density at radius 3 is 2.70 bits per heavy atom. The second-order valence-corrected chi connectivity index (χ2v) is 2.14. The van der Waals surface area contributed by atoms with Crippen LogP contribution >= 0.6 is 0 Å². The van der Waals surface area contributed by atoms with Crippen LogP contribution < -0.4 is 11.5 Å². The van der Waals surface area contributed by atoms with Crippen LogP contribution in [0.25, 0.3) is 0 Å². The fourth-order valence-electron chi connectivity index (χ4n) is 0.755. The van der Waals surface area contributed by atoms with Gasteiger partial charge in [0.2, 0.25) is 0 Å². The standard InChI is InChI=1S/C5H11N5/c1-3-5(4(7)2-6)9-10-8-3/h4H,2,6-7H2,1H3,(H,8,9,10). The maximum Gasteiger partial charge on any atom is 0.103 e. The van der Waals surface area contributed by atoms with Crippen molar-refractivity contribution in [2.45, 2.75) is 13.0 Å². The van der Waals surface area contributed by atoms with Crippen molar-refractivity contribution in [2.75, 3.05) is 6.54 Å². The highest BCUT2D eigenvalue weighted by molar-refractivity contribution is 5.10. The average Bonchev–Trinajstić information content (AvgIpc) is 2.34. The highest BCUT2D eigenvalue weighted by Crippen LogP contribution is 2.06. The molecule has 0 radical (unpaired) electrons. The lowest BCUT2D eigenvalue weighted by Gasteiger charge is -2.03. The molecule has 10 heavy (non-hydrogen) atoms. The van der Waals surface area contributed by atoms with E-state index in [-0.39, 0.29) is 6.04 Å². The minimum absolute atomic E-state index is 0.196. The monoisotopic (exact) mass is 141 g/mol. The second-order valence-electron chi connectivity index (χ2n) is 2.14. The van der Waals surface area contributed by atoms with Crippen LogP contribution in [0.5, 0.6) is 0 Å². The third-order valence-corrected chi connectivity index (χ3v) is 1.36. The van der Waals surface area contributed by atoms with Crippen molar-refractivity contribution in [1.29, 1.82) is 0 Å². The van der Waals surface area contributed by atoms with E-state index in [0.29, 0.717) is 6.54 Å². The summed E-state index contributed by atoms with van der Waals surface area (Å²) in [5.74, 6) is 0. The van der Waals surface area contributed by atoms with Gasteiger partial charge in [-0.25, -0.2) is 0 Å². The van der Waals surface area contributed by atoms with Gasteiger partial charge in [0.1, 0.15) is 5.69 Å². The largest absolute Gasteiger partial charge is 0.329 e. The van der Waals surface area contributed by atoms with Crippen LogP contribution in [0.2, 0.25) is 0 Å². The molecule has 0 saturated carbocycles. The summed E-state index contributed by atoms with van der Waals surface area (Å²) < 4.78 is 0. The maximum atomic E-state index is 5.59. The predicted octanol–water partition coefficient (Wildman–Crippen LogP) is -0.928. The molecule has 5 nitrogen and oxygen atoms in total. The summed E-state index contributed by atoms with van der Waals surface area (Å²) in [6, 6.07) is -0.196. The topological polar surface area (TPSA) is 93.6 Å². The predicted molar refractivity (Wildman–Crippen MR) is 37.1 cm³/mol. The minimum atomic E-state index is -0.196. The van der Waals surface area contributed by atoms with Crippen LogP contribution in [0.1, 0.15) is 17.4 Å². The van der Waals surface area contributed by atoms with E-state index >= 15 is 0 Å². The molecule has 56 valence electrons. The number of hydrogen-bond donors (Lipinski definition) is 3. The van der Waals surface area contributed by atoms with Gasteiger partial charge in [-0.1, -0.05) is 0 Å². The molecule has 1 aromatic rings. The van der Waals surface area contributed by atoms with Gasteiger partial charge in [-0.15, -0.1) is 0 Å². The molecule has 0 aliphatic rings. The van der Waals surface area contributed by atoms with Crippen LogP contribution in [0, 0.1) is 6.92 Å². The molecule has 0 saturated heterocycles. The molecule has 1 aromatic heterocycles. The third-order valence-electron chi connectivity index (χ3n) is 1.36. The first kappa shape index (κ1) is 7.17. The Morgan fingerprint density at radius 2 is 2.30 bits per heavy atom. The first-order valence-corrected chi connectivity index (χ1v) is 3.08. The highest BCUT2D eigenvalue weighted by atomic mass is 15.3. The molecule has 1 atom stereocenters. The van der Waals surface area contributed by atoms with Crippen molar-refractivity contribution in [1.82, 2.24) is 15.4 Å². The lowest BCUT2D eigenvalue weighted by molar-refractivity contribution is 0.702. The van der Waals surface area contributed by atoms with Gasteiger partial charge >= 0.3 is 0 Å². The molecule has 5 heteroatoms. The fourth-order valence-corrected chi connectivity index (χ4v) is 0.755. The van der Waals surface area contributed by atoms with Crippen LogP contribution in [-0.4, -0.2) is 22.0 Å². The summed E-state index contributed by atoms with van der Waals surface area (Å²) >= 11 is 0. The summed E-state index contributed by atoms with van der Waals surface area (Å²) in [7, 11) is 0. The first-order chi connectivity index (χ1) is 4.75. The molecule has 0 bridgehead atoms. The van der Waals surface area contributed by atoms with Crippen molar-refractivity contribution < 1.29 is 0 Å². The lowest BCUT2D eigenvalue weighted by Crippen LogP contribution is -2.21. The number of aromatic nitrogens is 3. The summed E-state index contributed by atoms with van der Waals surface area (Å²) in [4.78, 5) is 0. The fraction of sp³-hybridized carbons (Fsp3) is 0.600. The van der Waals surface area contributed by atoms with Crippen molar-refractivity contribution in [2.24, 2.45) is 11.5 Å². The van der Waals surface area contributed by atoms with Crippen LogP contribution in [0.3, 0.4) is 0 Å². The van der Waals surface area contributed by atoms with Crippen molar-refractivity contribution in [3.63, 3.8) is 0 Å². The van der Waals surface area contributed by atoms with Gasteiger partial charge in [0.25, 0.3) is 0 Å². The number of nitrogens with zero attached hydrogens (tertiary/aromatic N) is 2. The van der Waals surface area contributed by atoms with Gasteiger partial charge in [-0.3, -0.25) is 0 Å². The number of aromatic amines is 1. The van der Waals surface area contributed by atoms with E-state index in [1.54, 1.807) is 0 Å². The number of aryl methyl sites for hydroxylation is 1. The van der Waals surface area contributed by atoms with Crippen molar-refractivity contribution >= 4 is 0 Å². The number of H-pyrrole nitrogens is 1. The zero-order chi connectivity index (χ0) is 7.56. The van der Waals surface area contributed by atoms with Gasteiger partial charge in [0.15, 0.2) is 0 Å². The maximum absolute atomic E-state index is 5.59. The third kappa shape index (κ3) is 1.14. The van der Waals surface area contributed by atoms with Crippen molar-refractivity contribution in [3.8, 4) is 0 Å². The molecule has 5 N–H and O–H groups in total. The Kier molecular flexibility index (Phi) is 1.98. The molecular weight excluding hydrogens is 130 g/mol. The van der Waals surface area contributed by atoms with Crippen molar-refractivity contribution in [3.05, 3.63) is 11.4 Å². The van der Waals surface area contributed by atoms with Gasteiger partial charge in [0, 0.05) is 6.54 Å². The minimum Gasteiger partial charge on any atom is -0.329 e. The summed E-state index contributed by atoms with van der Waals surface area (Å²) in [5.41, 5.74) is 12.5. The average molecular weight is 141 g/mol. The lowest BCUT2D eigenvalue weighted by atomic mass is 10.2. The van der Waals surface area contributed by atoms with E-state index in [1.807, 2.05) is 6.92 Å². The normalized spacial score (nSPS) is 13.5. The Bertz CT molecular complexity index is 206. The summed E-state index contributed by atoms with van der Waals surface area (Å²) in [5, 5.41) is 10.1. The number of nitrogens with one attached hydrogen (secondary N) is 1. The van der Waals surface area contributed by atoms with E-state index in [1.165, 1.54) is 0 Å². The summed E-state index contributed by atoms with van der Waals surface area (Å²) in [6.45, 7) is 2.24. The molecule has 1 heterocycles. The summed E-state index contributed by atoms with van der Waals surface area (Å²) in [6.07, 6.45) is 0. The zero-order valence-corrected chi connectivity index (χ0v) is 5.83. The van der Waals surface area contributed by atoms with E-state index in [9.17, 15) is 0 Å². The first-order valence-electron chi connectivity index (χ1n) is 3.08. The van der Waals surface area contributed by atoms with Gasteiger partial charge in [-0.2, -0.15) is 15.4 Å². The van der Waals surface area contributed by atoms with E-state index in [4.69, 9.17) is 11.5 Å². The van der Waals surface area contributed by atoms with E-state index in [2.05, 4.69) is 15.4 Å².